The first-order chi connectivity index (χ1) is 12.7. The van der Waals surface area contributed by atoms with Gasteiger partial charge in [0.1, 0.15) is 0 Å². The maximum atomic E-state index is 8.12. The van der Waals surface area contributed by atoms with Crippen LogP contribution in [0.2, 0.25) is 0 Å². The van der Waals surface area contributed by atoms with E-state index in [2.05, 4.69) is 44.8 Å². The largest absolute Gasteiger partial charge is 0.399 e. The van der Waals surface area contributed by atoms with Gasteiger partial charge in [-0.1, -0.05) is 25.0 Å². The molecule has 0 fully saturated rings. The van der Waals surface area contributed by atoms with Crippen molar-refractivity contribution in [3.63, 3.8) is 0 Å². The van der Waals surface area contributed by atoms with Gasteiger partial charge in [0, 0.05) is 5.70 Å². The monoisotopic (exact) mass is 375 g/mol. The Morgan fingerprint density at radius 3 is 1.67 bits per heavy atom. The number of carbonyl (C=O) groups excluding carboxylic acids is 4. The van der Waals surface area contributed by atoms with Gasteiger partial charge in [-0.25, -0.2) is 4.99 Å². The van der Waals surface area contributed by atoms with Crippen molar-refractivity contribution in [2.75, 3.05) is 0 Å². The van der Waals surface area contributed by atoms with E-state index in [1.165, 1.54) is 22.3 Å². The van der Waals surface area contributed by atoms with Crippen molar-refractivity contribution in [3.8, 4) is 0 Å². The lowest BCUT2D eigenvalue weighted by Gasteiger charge is -1.98. The van der Waals surface area contributed by atoms with Crippen molar-refractivity contribution in [3.05, 3.63) is 45.8 Å². The molecule has 2 rings (SSSR count). The van der Waals surface area contributed by atoms with Crippen molar-refractivity contribution in [1.82, 2.24) is 0 Å². The van der Waals surface area contributed by atoms with Gasteiger partial charge in [0.25, 0.3) is 0 Å². The third-order valence-electron chi connectivity index (χ3n) is 3.69. The second-order valence-electron chi connectivity index (χ2n) is 6.01. The number of rotatable bonds is 3. The highest BCUT2D eigenvalue weighted by atomic mass is 16.2. The zero-order chi connectivity index (χ0) is 21.4. The van der Waals surface area contributed by atoms with Gasteiger partial charge in [-0.3, -0.25) is 0 Å². The number of hydrogen-bond donors (Lipinski definition) is 2. The van der Waals surface area contributed by atoms with Gasteiger partial charge in [-0.05, 0) is 69.8 Å². The molecule has 2 aliphatic carbocycles. The zero-order valence-electron chi connectivity index (χ0n) is 16.7. The van der Waals surface area contributed by atoms with E-state index in [4.69, 9.17) is 30.6 Å². The Kier molecular flexibility index (Phi) is 14.8. The molecule has 0 amide bonds. The minimum atomic E-state index is 0.250. The first-order valence-electron chi connectivity index (χ1n) is 8.53. The molecule has 0 saturated heterocycles. The highest BCUT2D eigenvalue weighted by molar-refractivity contribution is 5.79. The van der Waals surface area contributed by atoms with Gasteiger partial charge in [-0.15, -0.1) is 0 Å². The number of aliphatic imine (C=N–C) groups is 1. The van der Waals surface area contributed by atoms with E-state index in [1.807, 2.05) is 6.92 Å². The number of allylic oxidation sites excluding steroid dienone is 6. The van der Waals surface area contributed by atoms with Crippen LogP contribution in [0, 0.1) is 0 Å². The Balaban J connectivity index is 0. The molecule has 148 valence electrons. The van der Waals surface area contributed by atoms with Crippen LogP contribution in [0.5, 0.6) is 0 Å². The molecule has 0 atom stereocenters. The lowest BCUT2D eigenvalue weighted by atomic mass is 10.1. The summed E-state index contributed by atoms with van der Waals surface area (Å²) >= 11 is 0. The highest BCUT2D eigenvalue weighted by Crippen LogP contribution is 2.27. The van der Waals surface area contributed by atoms with Crippen LogP contribution in [0.4, 0.5) is 0 Å². The standard InChI is InChI=1S/C10H16N2.C8H13N.2CO2/c1-4-9-5-7(2)6-10(9)12-8(3)11;1-3-7-4-6(2)5-8(7)9;2*2-1-3/h6H,4-5H2,1-3H3,(H2,11,12);5H,3-4,9H2,1-2H3;;. The molecule has 0 saturated carbocycles. The summed E-state index contributed by atoms with van der Waals surface area (Å²) < 4.78 is 0. The second-order valence-corrected chi connectivity index (χ2v) is 6.01. The topological polar surface area (TPSA) is 133 Å². The average molecular weight is 375 g/mol. The van der Waals surface area contributed by atoms with E-state index in [0.29, 0.717) is 5.84 Å². The molecule has 7 nitrogen and oxygen atoms in total. The molecule has 0 aromatic carbocycles. The fourth-order valence-electron chi connectivity index (χ4n) is 2.61. The van der Waals surface area contributed by atoms with E-state index in [0.717, 1.165) is 37.1 Å². The highest BCUT2D eigenvalue weighted by Gasteiger charge is 2.10. The summed E-state index contributed by atoms with van der Waals surface area (Å²) in [6.45, 7) is 10.4. The summed E-state index contributed by atoms with van der Waals surface area (Å²) in [4.78, 5) is 36.8. The van der Waals surface area contributed by atoms with Crippen molar-refractivity contribution < 1.29 is 19.2 Å². The minimum absolute atomic E-state index is 0.250. The number of nitrogens with two attached hydrogens (primary N) is 2. The number of hydrogen-bond acceptors (Lipinski definition) is 6. The maximum absolute atomic E-state index is 8.12. The van der Waals surface area contributed by atoms with Crippen LogP contribution in [-0.2, 0) is 19.2 Å². The molecule has 0 aliphatic heterocycles. The number of nitrogens with zero attached hydrogens (tertiary/aromatic N) is 1. The van der Waals surface area contributed by atoms with Crippen LogP contribution in [-0.4, -0.2) is 18.1 Å². The van der Waals surface area contributed by atoms with Crippen LogP contribution in [0.15, 0.2) is 50.8 Å². The predicted octanol–water partition coefficient (Wildman–Crippen LogP) is 3.17. The van der Waals surface area contributed by atoms with Gasteiger partial charge in [0.15, 0.2) is 0 Å². The molecule has 27 heavy (non-hydrogen) atoms. The fourth-order valence-corrected chi connectivity index (χ4v) is 2.61. The van der Waals surface area contributed by atoms with E-state index in [9.17, 15) is 0 Å². The van der Waals surface area contributed by atoms with Crippen molar-refractivity contribution in [2.24, 2.45) is 16.5 Å². The summed E-state index contributed by atoms with van der Waals surface area (Å²) in [5.41, 5.74) is 18.8. The predicted molar refractivity (Wildman–Crippen MR) is 103 cm³/mol. The molecular formula is C20H29N3O4. The Hall–Kier alpha value is -3.01. The quantitative estimate of drug-likeness (QED) is 0.575. The smallest absolute Gasteiger partial charge is 0.373 e. The van der Waals surface area contributed by atoms with E-state index in [1.54, 1.807) is 0 Å². The molecular weight excluding hydrogens is 346 g/mol. The summed E-state index contributed by atoms with van der Waals surface area (Å²) in [7, 11) is 0. The average Bonchev–Trinajstić information content (AvgIpc) is 3.09. The zero-order valence-corrected chi connectivity index (χ0v) is 16.7. The molecule has 2 aliphatic rings. The van der Waals surface area contributed by atoms with E-state index < -0.39 is 0 Å². The van der Waals surface area contributed by atoms with Crippen LogP contribution in [0.3, 0.4) is 0 Å². The van der Waals surface area contributed by atoms with E-state index >= 15 is 0 Å². The second kappa shape index (κ2) is 15.3. The van der Waals surface area contributed by atoms with Gasteiger partial charge in [0.2, 0.25) is 0 Å². The first kappa shape index (κ1) is 26.2. The van der Waals surface area contributed by atoms with Crippen LogP contribution >= 0.6 is 0 Å². The van der Waals surface area contributed by atoms with Crippen molar-refractivity contribution in [1.29, 1.82) is 0 Å². The lowest BCUT2D eigenvalue weighted by Crippen LogP contribution is -2.05. The molecule has 0 heterocycles. The third-order valence-corrected chi connectivity index (χ3v) is 3.69. The molecule has 4 N–H and O–H groups in total. The normalized spacial score (nSPS) is 15.1. The van der Waals surface area contributed by atoms with Crippen molar-refractivity contribution in [2.45, 2.75) is 60.3 Å². The lowest BCUT2D eigenvalue weighted by molar-refractivity contribution is -0.193. The molecule has 0 aromatic rings. The van der Waals surface area contributed by atoms with Crippen LogP contribution < -0.4 is 11.5 Å². The third kappa shape index (κ3) is 12.1. The Labute approximate surface area is 160 Å². The first-order valence-corrected chi connectivity index (χ1v) is 8.53. The number of amidine groups is 1. The molecule has 0 spiro atoms. The molecule has 0 bridgehead atoms. The maximum Gasteiger partial charge on any atom is 0.373 e. The molecule has 0 unspecified atom stereocenters. The molecule has 0 radical (unpaired) electrons. The Morgan fingerprint density at radius 1 is 0.963 bits per heavy atom. The Morgan fingerprint density at radius 2 is 1.37 bits per heavy atom. The van der Waals surface area contributed by atoms with Crippen LogP contribution in [0.25, 0.3) is 0 Å². The van der Waals surface area contributed by atoms with Crippen molar-refractivity contribution >= 4 is 18.1 Å². The van der Waals surface area contributed by atoms with Gasteiger partial charge in [0.05, 0.1) is 11.5 Å². The SMILES string of the molecule is CCC1=C(N)C=C(C)C1.CCC1=C(N=C(C)N)C=C(C)C1.O=C=O.O=C=O. The van der Waals surface area contributed by atoms with E-state index in [-0.39, 0.29) is 12.3 Å². The van der Waals surface area contributed by atoms with Gasteiger partial charge >= 0.3 is 12.3 Å². The summed E-state index contributed by atoms with van der Waals surface area (Å²) in [6, 6.07) is 0. The molecule has 7 heteroatoms. The summed E-state index contributed by atoms with van der Waals surface area (Å²) in [6.07, 6.45) is 9.03. The fraction of sp³-hybridized carbons (Fsp3) is 0.450. The van der Waals surface area contributed by atoms with Crippen LogP contribution in [0.1, 0.15) is 60.3 Å². The van der Waals surface area contributed by atoms with Gasteiger partial charge < -0.3 is 11.5 Å². The summed E-state index contributed by atoms with van der Waals surface area (Å²) in [5, 5.41) is 0. The minimum Gasteiger partial charge on any atom is -0.399 e. The molecule has 0 aromatic heterocycles. The summed E-state index contributed by atoms with van der Waals surface area (Å²) in [5.74, 6) is 0.641. The van der Waals surface area contributed by atoms with Gasteiger partial charge in [-0.2, -0.15) is 19.2 Å². The Bertz CT molecular complexity index is 698.